The molecule has 2 rings (SSSR count). The summed E-state index contributed by atoms with van der Waals surface area (Å²) in [4.78, 5) is 15.7. The van der Waals surface area contributed by atoms with E-state index in [9.17, 15) is 9.90 Å². The van der Waals surface area contributed by atoms with Gasteiger partial charge < -0.3 is 15.2 Å². The van der Waals surface area contributed by atoms with Crippen LogP contribution in [0.3, 0.4) is 0 Å². The highest BCUT2D eigenvalue weighted by atomic mass is 16.5. The molecule has 0 fully saturated rings. The lowest BCUT2D eigenvalue weighted by Crippen LogP contribution is -2.12. The monoisotopic (exact) mass is 258 g/mol. The lowest BCUT2D eigenvalue weighted by atomic mass is 10.2. The van der Waals surface area contributed by atoms with Crippen LogP contribution in [-0.4, -0.2) is 23.1 Å². The predicted octanol–water partition coefficient (Wildman–Crippen LogP) is 2.36. The van der Waals surface area contributed by atoms with Crippen LogP contribution in [0.1, 0.15) is 15.9 Å². The molecule has 0 aliphatic carbocycles. The third-order valence-electron chi connectivity index (χ3n) is 2.64. The number of nitrogens with one attached hydrogen (secondary N) is 1. The summed E-state index contributed by atoms with van der Waals surface area (Å²) < 4.78 is 5.15. The van der Waals surface area contributed by atoms with Gasteiger partial charge in [0.05, 0.1) is 18.9 Å². The van der Waals surface area contributed by atoms with Gasteiger partial charge in [0.1, 0.15) is 11.5 Å². The molecule has 19 heavy (non-hydrogen) atoms. The Labute approximate surface area is 110 Å². The Bertz CT molecular complexity index is 611. The van der Waals surface area contributed by atoms with Crippen LogP contribution < -0.4 is 10.1 Å². The fraction of sp³-hybridized carbons (Fsp3) is 0.143. The van der Waals surface area contributed by atoms with E-state index in [4.69, 9.17) is 4.74 Å². The van der Waals surface area contributed by atoms with Gasteiger partial charge in [-0.25, -0.2) is 0 Å². The van der Waals surface area contributed by atoms with E-state index in [0.717, 1.165) is 11.3 Å². The molecule has 5 heteroatoms. The van der Waals surface area contributed by atoms with Gasteiger partial charge in [0.15, 0.2) is 0 Å². The van der Waals surface area contributed by atoms with Gasteiger partial charge in [-0.2, -0.15) is 0 Å². The van der Waals surface area contributed by atoms with E-state index in [1.165, 1.54) is 18.5 Å². The number of carbonyl (C=O) groups excluding carboxylic acids is 1. The van der Waals surface area contributed by atoms with Gasteiger partial charge in [-0.3, -0.25) is 9.78 Å². The van der Waals surface area contributed by atoms with E-state index in [0.29, 0.717) is 11.3 Å². The van der Waals surface area contributed by atoms with Crippen LogP contribution in [0.4, 0.5) is 5.69 Å². The second kappa shape index (κ2) is 5.39. The molecule has 1 aromatic heterocycles. The number of hydrogen-bond acceptors (Lipinski definition) is 4. The second-order valence-electron chi connectivity index (χ2n) is 4.07. The molecule has 1 amide bonds. The summed E-state index contributed by atoms with van der Waals surface area (Å²) >= 11 is 0. The molecule has 1 aromatic carbocycles. The summed E-state index contributed by atoms with van der Waals surface area (Å²) in [5, 5.41) is 12.0. The molecule has 0 spiro atoms. The SMILES string of the molecule is COc1ccc(NC(=O)c2cncc(O)c2)cc1C. The van der Waals surface area contributed by atoms with Gasteiger partial charge in [0.25, 0.3) is 5.91 Å². The zero-order valence-electron chi connectivity index (χ0n) is 10.7. The van der Waals surface area contributed by atoms with E-state index in [2.05, 4.69) is 10.3 Å². The van der Waals surface area contributed by atoms with E-state index in [1.54, 1.807) is 19.2 Å². The van der Waals surface area contributed by atoms with Crippen LogP contribution in [0.25, 0.3) is 0 Å². The van der Waals surface area contributed by atoms with Gasteiger partial charge in [0, 0.05) is 11.9 Å². The summed E-state index contributed by atoms with van der Waals surface area (Å²) in [7, 11) is 1.60. The van der Waals surface area contributed by atoms with Crippen LogP contribution >= 0.6 is 0 Å². The zero-order chi connectivity index (χ0) is 13.8. The van der Waals surface area contributed by atoms with Crippen LogP contribution in [0.15, 0.2) is 36.7 Å². The molecular formula is C14H14N2O3. The Balaban J connectivity index is 2.17. The summed E-state index contributed by atoms with van der Waals surface area (Å²) in [5.41, 5.74) is 1.88. The van der Waals surface area contributed by atoms with Crippen molar-refractivity contribution in [2.75, 3.05) is 12.4 Å². The number of nitrogens with zero attached hydrogens (tertiary/aromatic N) is 1. The fourth-order valence-electron chi connectivity index (χ4n) is 1.71. The number of aryl methyl sites for hydroxylation is 1. The smallest absolute Gasteiger partial charge is 0.257 e. The molecule has 5 nitrogen and oxygen atoms in total. The molecular weight excluding hydrogens is 244 g/mol. The van der Waals surface area contributed by atoms with Crippen molar-refractivity contribution in [3.63, 3.8) is 0 Å². The standard InChI is InChI=1S/C14H14N2O3/c1-9-5-11(3-4-13(9)19-2)16-14(18)10-6-12(17)8-15-7-10/h3-8,17H,1-2H3,(H,16,18). The molecule has 0 radical (unpaired) electrons. The maximum Gasteiger partial charge on any atom is 0.257 e. The number of anilines is 1. The summed E-state index contributed by atoms with van der Waals surface area (Å²) in [6.07, 6.45) is 2.67. The van der Waals surface area contributed by atoms with Gasteiger partial charge in [-0.15, -0.1) is 0 Å². The molecule has 0 saturated heterocycles. The van der Waals surface area contributed by atoms with Crippen molar-refractivity contribution in [3.8, 4) is 11.5 Å². The van der Waals surface area contributed by atoms with Crippen molar-refractivity contribution in [2.45, 2.75) is 6.92 Å². The summed E-state index contributed by atoms with van der Waals surface area (Å²) in [6, 6.07) is 6.71. The average molecular weight is 258 g/mol. The molecule has 0 saturated carbocycles. The minimum Gasteiger partial charge on any atom is -0.506 e. The van der Waals surface area contributed by atoms with Crippen molar-refractivity contribution in [3.05, 3.63) is 47.8 Å². The third kappa shape index (κ3) is 3.01. The highest BCUT2D eigenvalue weighted by molar-refractivity contribution is 6.04. The first-order valence-electron chi connectivity index (χ1n) is 5.70. The molecule has 0 bridgehead atoms. The summed E-state index contributed by atoms with van der Waals surface area (Å²) in [6.45, 7) is 1.89. The molecule has 0 atom stereocenters. The first kappa shape index (κ1) is 12.9. The second-order valence-corrected chi connectivity index (χ2v) is 4.07. The van der Waals surface area contributed by atoms with Crippen molar-refractivity contribution in [1.82, 2.24) is 4.98 Å². The number of pyridine rings is 1. The van der Waals surface area contributed by atoms with Gasteiger partial charge in [-0.05, 0) is 36.8 Å². The minimum atomic E-state index is -0.326. The Morgan fingerprint density at radius 3 is 2.74 bits per heavy atom. The van der Waals surface area contributed by atoms with Crippen LogP contribution in [0.5, 0.6) is 11.5 Å². The molecule has 2 aromatic rings. The first-order valence-corrected chi connectivity index (χ1v) is 5.70. The lowest BCUT2D eigenvalue weighted by Gasteiger charge is -2.09. The van der Waals surface area contributed by atoms with Gasteiger partial charge in [-0.1, -0.05) is 0 Å². The maximum atomic E-state index is 11.9. The van der Waals surface area contributed by atoms with Crippen molar-refractivity contribution >= 4 is 11.6 Å². The third-order valence-corrected chi connectivity index (χ3v) is 2.64. The minimum absolute atomic E-state index is 0.0430. The van der Waals surface area contributed by atoms with Crippen molar-refractivity contribution < 1.29 is 14.6 Å². The number of methoxy groups -OCH3 is 1. The molecule has 2 N–H and O–H groups in total. The Morgan fingerprint density at radius 2 is 2.11 bits per heavy atom. The number of hydrogen-bond donors (Lipinski definition) is 2. The molecule has 1 heterocycles. The Kier molecular flexibility index (Phi) is 3.66. The number of benzene rings is 1. The van der Waals surface area contributed by atoms with Crippen LogP contribution in [0, 0.1) is 6.92 Å². The normalized spacial score (nSPS) is 10.0. The average Bonchev–Trinajstić information content (AvgIpc) is 2.39. The van der Waals surface area contributed by atoms with Crippen LogP contribution in [-0.2, 0) is 0 Å². The molecule has 0 unspecified atom stereocenters. The number of amides is 1. The molecule has 0 aliphatic rings. The number of carbonyl (C=O) groups is 1. The van der Waals surface area contributed by atoms with Crippen molar-refractivity contribution in [2.24, 2.45) is 0 Å². The number of ether oxygens (including phenoxy) is 1. The number of rotatable bonds is 3. The number of aromatic hydroxyl groups is 1. The lowest BCUT2D eigenvalue weighted by molar-refractivity contribution is 0.102. The largest absolute Gasteiger partial charge is 0.506 e. The molecule has 98 valence electrons. The van der Waals surface area contributed by atoms with E-state index < -0.39 is 0 Å². The predicted molar refractivity (Wildman–Crippen MR) is 71.6 cm³/mol. The molecule has 0 aliphatic heterocycles. The topological polar surface area (TPSA) is 71.5 Å². The number of aromatic nitrogens is 1. The van der Waals surface area contributed by atoms with E-state index in [-0.39, 0.29) is 11.7 Å². The highest BCUT2D eigenvalue weighted by Gasteiger charge is 2.08. The zero-order valence-corrected chi connectivity index (χ0v) is 10.7. The fourth-order valence-corrected chi connectivity index (χ4v) is 1.71. The van der Waals surface area contributed by atoms with Crippen LogP contribution in [0.2, 0.25) is 0 Å². The van der Waals surface area contributed by atoms with E-state index in [1.807, 2.05) is 13.0 Å². The van der Waals surface area contributed by atoms with E-state index >= 15 is 0 Å². The highest BCUT2D eigenvalue weighted by Crippen LogP contribution is 2.22. The summed E-state index contributed by atoms with van der Waals surface area (Å²) in [5.74, 6) is 0.392. The van der Waals surface area contributed by atoms with Gasteiger partial charge in [0.2, 0.25) is 0 Å². The van der Waals surface area contributed by atoms with Gasteiger partial charge >= 0.3 is 0 Å². The maximum absolute atomic E-state index is 11.9. The van der Waals surface area contributed by atoms with Crippen molar-refractivity contribution in [1.29, 1.82) is 0 Å². The first-order chi connectivity index (χ1) is 9.10. The quantitative estimate of drug-likeness (QED) is 0.886. The Morgan fingerprint density at radius 1 is 1.32 bits per heavy atom. The Hall–Kier alpha value is -2.56.